The van der Waals surface area contributed by atoms with Crippen molar-refractivity contribution in [3.63, 3.8) is 0 Å². The molecule has 0 aromatic heterocycles. The van der Waals surface area contributed by atoms with Crippen molar-refractivity contribution < 1.29 is 0 Å². The van der Waals surface area contributed by atoms with Crippen LogP contribution in [0.3, 0.4) is 0 Å². The highest BCUT2D eigenvalue weighted by atomic mass is 32.2. The van der Waals surface area contributed by atoms with Crippen LogP contribution in [-0.2, 0) is 0 Å². The van der Waals surface area contributed by atoms with Gasteiger partial charge in [-0.2, -0.15) is 0 Å². The smallest absolute Gasteiger partial charge is 0.157 e. The molecule has 3 heteroatoms. The topological polar surface area (TPSA) is 24.4 Å². The van der Waals surface area contributed by atoms with E-state index in [1.165, 1.54) is 49.4 Å². The summed E-state index contributed by atoms with van der Waals surface area (Å²) < 4.78 is 0. The van der Waals surface area contributed by atoms with Crippen molar-refractivity contribution in [2.45, 2.75) is 64.0 Å². The molecule has 2 fully saturated rings. The molecule has 0 atom stereocenters. The maximum atomic E-state index is 4.83. The Morgan fingerprint density at radius 1 is 1.33 bits per heavy atom. The molecule has 1 saturated carbocycles. The molecule has 0 amide bonds. The van der Waals surface area contributed by atoms with Gasteiger partial charge in [0.25, 0.3) is 0 Å². The van der Waals surface area contributed by atoms with E-state index in [2.05, 4.69) is 19.2 Å². The molecule has 1 N–H and O–H groups in total. The van der Waals surface area contributed by atoms with E-state index in [1.807, 2.05) is 11.8 Å². The number of aliphatic imine (C=N–C) groups is 1. The van der Waals surface area contributed by atoms with E-state index < -0.39 is 0 Å². The molecule has 15 heavy (non-hydrogen) atoms. The first-order valence-electron chi connectivity index (χ1n) is 6.27. The van der Waals surface area contributed by atoms with Crippen LogP contribution in [0.15, 0.2) is 4.99 Å². The van der Waals surface area contributed by atoms with Gasteiger partial charge in [0.1, 0.15) is 0 Å². The lowest BCUT2D eigenvalue weighted by atomic mass is 9.96. The molecule has 0 radical (unpaired) electrons. The summed E-state index contributed by atoms with van der Waals surface area (Å²) in [6.07, 6.45) is 7.77. The Morgan fingerprint density at radius 3 is 2.53 bits per heavy atom. The molecular formula is C12H22N2S. The van der Waals surface area contributed by atoms with Gasteiger partial charge in [0.05, 0.1) is 6.04 Å². The van der Waals surface area contributed by atoms with Crippen molar-refractivity contribution in [2.24, 2.45) is 4.99 Å². The van der Waals surface area contributed by atoms with Gasteiger partial charge in [0.2, 0.25) is 0 Å². The third-order valence-electron chi connectivity index (χ3n) is 3.84. The fraction of sp³-hybridized carbons (Fsp3) is 0.917. The number of hydrogen-bond donors (Lipinski definition) is 1. The van der Waals surface area contributed by atoms with Crippen LogP contribution in [-0.4, -0.2) is 22.5 Å². The zero-order valence-electron chi connectivity index (χ0n) is 9.88. The maximum absolute atomic E-state index is 4.83. The Bertz CT molecular complexity index is 240. The molecule has 1 aliphatic carbocycles. The molecular weight excluding hydrogens is 204 g/mol. The first-order valence-corrected chi connectivity index (χ1v) is 7.25. The Morgan fingerprint density at radius 2 is 2.00 bits per heavy atom. The molecule has 1 heterocycles. The summed E-state index contributed by atoms with van der Waals surface area (Å²) in [6.45, 7) is 4.55. The number of nitrogens with zero attached hydrogens (tertiary/aromatic N) is 1. The van der Waals surface area contributed by atoms with Crippen molar-refractivity contribution >= 4 is 16.9 Å². The van der Waals surface area contributed by atoms with Crippen LogP contribution in [0.4, 0.5) is 0 Å². The lowest BCUT2D eigenvalue weighted by molar-refractivity contribution is 0.407. The molecule has 0 unspecified atom stereocenters. The van der Waals surface area contributed by atoms with Crippen LogP contribution in [0.2, 0.25) is 0 Å². The highest BCUT2D eigenvalue weighted by molar-refractivity contribution is 8.14. The summed E-state index contributed by atoms with van der Waals surface area (Å²) in [5.74, 6) is 1.20. The van der Waals surface area contributed by atoms with E-state index in [4.69, 9.17) is 4.99 Å². The minimum Gasteiger partial charge on any atom is -0.359 e. The zero-order chi connectivity index (χ0) is 10.7. The van der Waals surface area contributed by atoms with Crippen LogP contribution >= 0.6 is 11.8 Å². The molecule has 1 aliphatic heterocycles. The van der Waals surface area contributed by atoms with Crippen molar-refractivity contribution in [3.05, 3.63) is 0 Å². The standard InChI is InChI=1S/C12H22N2S/c1-3-12(4-2)9-15-11(14-12)13-10-7-5-6-8-10/h10H,3-9H2,1-2H3,(H,13,14). The van der Waals surface area contributed by atoms with Gasteiger partial charge in [-0.15, -0.1) is 0 Å². The van der Waals surface area contributed by atoms with E-state index >= 15 is 0 Å². The second-order valence-electron chi connectivity index (χ2n) is 4.77. The van der Waals surface area contributed by atoms with E-state index in [-0.39, 0.29) is 0 Å². The SMILES string of the molecule is CCC1(CC)CSC(=NC2CCCC2)N1. The van der Waals surface area contributed by atoms with Gasteiger partial charge in [-0.1, -0.05) is 38.5 Å². The number of nitrogens with one attached hydrogen (secondary N) is 1. The van der Waals surface area contributed by atoms with E-state index in [0.29, 0.717) is 11.6 Å². The quantitative estimate of drug-likeness (QED) is 0.799. The van der Waals surface area contributed by atoms with E-state index in [9.17, 15) is 0 Å². The van der Waals surface area contributed by atoms with E-state index in [1.54, 1.807) is 0 Å². The summed E-state index contributed by atoms with van der Waals surface area (Å²) in [5, 5.41) is 4.86. The monoisotopic (exact) mass is 226 g/mol. The van der Waals surface area contributed by atoms with Gasteiger partial charge in [-0.05, 0) is 25.7 Å². The summed E-state index contributed by atoms with van der Waals surface area (Å²) in [4.78, 5) is 4.83. The third-order valence-corrected chi connectivity index (χ3v) is 5.01. The normalized spacial score (nSPS) is 28.5. The minimum absolute atomic E-state index is 0.335. The predicted octanol–water partition coefficient (Wildman–Crippen LogP) is 3.18. The molecule has 0 aromatic rings. The van der Waals surface area contributed by atoms with Crippen molar-refractivity contribution in [3.8, 4) is 0 Å². The number of thioether (sulfide) groups is 1. The lowest BCUT2D eigenvalue weighted by Crippen LogP contribution is -2.42. The van der Waals surface area contributed by atoms with Gasteiger partial charge in [-0.3, -0.25) is 4.99 Å². The average molecular weight is 226 g/mol. The second-order valence-corrected chi connectivity index (χ2v) is 5.74. The first kappa shape index (κ1) is 11.3. The van der Waals surface area contributed by atoms with Gasteiger partial charge in [-0.25, -0.2) is 0 Å². The van der Waals surface area contributed by atoms with Gasteiger partial charge < -0.3 is 5.32 Å². The van der Waals surface area contributed by atoms with Crippen molar-refractivity contribution in [1.82, 2.24) is 5.32 Å². The van der Waals surface area contributed by atoms with Crippen LogP contribution < -0.4 is 5.32 Å². The fourth-order valence-corrected chi connectivity index (χ4v) is 3.81. The summed E-state index contributed by atoms with van der Waals surface area (Å²) >= 11 is 1.92. The van der Waals surface area contributed by atoms with Crippen molar-refractivity contribution in [2.75, 3.05) is 5.75 Å². The van der Waals surface area contributed by atoms with Crippen LogP contribution in [0.25, 0.3) is 0 Å². The number of amidine groups is 1. The highest BCUT2D eigenvalue weighted by Crippen LogP contribution is 2.30. The van der Waals surface area contributed by atoms with Crippen LogP contribution in [0.1, 0.15) is 52.4 Å². The maximum Gasteiger partial charge on any atom is 0.157 e. The molecule has 2 rings (SSSR count). The van der Waals surface area contributed by atoms with Gasteiger partial charge in [0, 0.05) is 11.3 Å². The predicted molar refractivity (Wildman–Crippen MR) is 68.6 cm³/mol. The lowest BCUT2D eigenvalue weighted by Gasteiger charge is -2.25. The third kappa shape index (κ3) is 2.49. The average Bonchev–Trinajstić information content (AvgIpc) is 2.89. The minimum atomic E-state index is 0.335. The second kappa shape index (κ2) is 4.77. The highest BCUT2D eigenvalue weighted by Gasteiger charge is 2.34. The Kier molecular flexibility index (Phi) is 3.60. The van der Waals surface area contributed by atoms with Gasteiger partial charge >= 0.3 is 0 Å². The molecule has 2 aliphatic rings. The zero-order valence-corrected chi connectivity index (χ0v) is 10.7. The molecule has 86 valence electrons. The molecule has 1 saturated heterocycles. The number of hydrogen-bond acceptors (Lipinski definition) is 2. The molecule has 0 bridgehead atoms. The molecule has 0 spiro atoms. The Labute approximate surface area is 97.3 Å². The Balaban J connectivity index is 1.96. The Hall–Kier alpha value is -0.180. The number of rotatable bonds is 3. The summed E-state index contributed by atoms with van der Waals surface area (Å²) in [7, 11) is 0. The largest absolute Gasteiger partial charge is 0.359 e. The molecule has 2 nitrogen and oxygen atoms in total. The summed E-state index contributed by atoms with van der Waals surface area (Å²) in [6, 6.07) is 0.615. The van der Waals surface area contributed by atoms with Gasteiger partial charge in [0.15, 0.2) is 5.17 Å². The van der Waals surface area contributed by atoms with Crippen LogP contribution in [0, 0.1) is 0 Å². The first-order chi connectivity index (χ1) is 7.28. The van der Waals surface area contributed by atoms with Crippen molar-refractivity contribution in [1.29, 1.82) is 0 Å². The summed E-state index contributed by atoms with van der Waals surface area (Å²) in [5.41, 5.74) is 0.335. The van der Waals surface area contributed by atoms with E-state index in [0.717, 1.165) is 0 Å². The fourth-order valence-electron chi connectivity index (χ4n) is 2.41. The van der Waals surface area contributed by atoms with Crippen LogP contribution in [0.5, 0.6) is 0 Å². The molecule has 0 aromatic carbocycles.